The number of rotatable bonds is 4. The molecule has 0 aliphatic rings. The zero-order valence-corrected chi connectivity index (χ0v) is 14.0. The van der Waals surface area contributed by atoms with Gasteiger partial charge in [-0.15, -0.1) is 0 Å². The largest absolute Gasteiger partial charge is 0.495 e. The Bertz CT molecular complexity index is 875. The van der Waals surface area contributed by atoms with Crippen LogP contribution in [0.3, 0.4) is 0 Å². The first kappa shape index (κ1) is 15.8. The van der Waals surface area contributed by atoms with E-state index in [2.05, 4.69) is 9.97 Å². The fourth-order valence-corrected chi connectivity index (χ4v) is 2.86. The molecule has 3 rings (SSSR count). The number of ether oxygens (including phenoxy) is 1. The Kier molecular flexibility index (Phi) is 4.24. The molecule has 0 aliphatic carbocycles. The summed E-state index contributed by atoms with van der Waals surface area (Å²) in [6, 6.07) is 3.57. The second kappa shape index (κ2) is 6.18. The lowest BCUT2D eigenvalue weighted by molar-refractivity contribution is 0.112. The van der Waals surface area contributed by atoms with Crippen molar-refractivity contribution in [1.29, 1.82) is 0 Å². The molecule has 1 atom stereocenters. The molecule has 0 radical (unpaired) electrons. The molecule has 7 heteroatoms. The first-order valence-corrected chi connectivity index (χ1v) is 7.62. The number of halogens is 2. The number of hydrogen-bond acceptors (Lipinski definition) is 4. The molecule has 0 fully saturated rings. The van der Waals surface area contributed by atoms with E-state index in [4.69, 9.17) is 27.9 Å². The van der Waals surface area contributed by atoms with Crippen LogP contribution in [-0.2, 0) is 0 Å². The average Bonchev–Trinajstić information content (AvgIpc) is 2.97. The number of aromatic nitrogens is 3. The first-order valence-electron chi connectivity index (χ1n) is 6.86. The molecule has 0 spiro atoms. The number of nitrogens with zero attached hydrogens (tertiary/aromatic N) is 3. The Morgan fingerprint density at radius 1 is 1.26 bits per heavy atom. The lowest BCUT2D eigenvalue weighted by Gasteiger charge is -2.14. The molecule has 23 heavy (non-hydrogen) atoms. The summed E-state index contributed by atoms with van der Waals surface area (Å²) in [6.45, 7) is 1.97. The van der Waals surface area contributed by atoms with Crippen LogP contribution in [0.4, 0.5) is 0 Å². The van der Waals surface area contributed by atoms with Crippen LogP contribution in [0.2, 0.25) is 10.0 Å². The molecule has 3 heterocycles. The first-order chi connectivity index (χ1) is 11.1. The Balaban J connectivity index is 2.15. The van der Waals surface area contributed by atoms with E-state index in [0.717, 1.165) is 12.0 Å². The van der Waals surface area contributed by atoms with Crippen molar-refractivity contribution < 1.29 is 9.53 Å². The minimum absolute atomic E-state index is 0.137. The van der Waals surface area contributed by atoms with E-state index in [-0.39, 0.29) is 6.04 Å². The third kappa shape index (κ3) is 2.66. The molecule has 0 aliphatic heterocycles. The quantitative estimate of drug-likeness (QED) is 0.663. The van der Waals surface area contributed by atoms with Crippen molar-refractivity contribution in [2.24, 2.45) is 0 Å². The summed E-state index contributed by atoms with van der Waals surface area (Å²) >= 11 is 12.2. The standard InChI is InChI=1S/C16H13Cl2N3O2/c1-9(13-4-3-11(23-2)5-19-13)21-7-10(8-22)14-15(18)12(17)6-20-16(14)21/h3-9H,1-2H3. The number of aldehydes is 1. The summed E-state index contributed by atoms with van der Waals surface area (Å²) < 4.78 is 6.97. The van der Waals surface area contributed by atoms with Crippen LogP contribution in [0.5, 0.6) is 5.75 Å². The van der Waals surface area contributed by atoms with E-state index in [1.54, 1.807) is 19.5 Å². The minimum atomic E-state index is -0.137. The van der Waals surface area contributed by atoms with Gasteiger partial charge in [0, 0.05) is 23.3 Å². The molecule has 0 saturated carbocycles. The van der Waals surface area contributed by atoms with Gasteiger partial charge in [0.15, 0.2) is 6.29 Å². The van der Waals surface area contributed by atoms with E-state index in [9.17, 15) is 4.79 Å². The van der Waals surface area contributed by atoms with Gasteiger partial charge in [-0.3, -0.25) is 9.78 Å². The topological polar surface area (TPSA) is 57.0 Å². The molecule has 0 N–H and O–H groups in total. The second-order valence-corrected chi connectivity index (χ2v) is 5.81. The Labute approximate surface area is 142 Å². The van der Waals surface area contributed by atoms with E-state index < -0.39 is 0 Å². The highest BCUT2D eigenvalue weighted by Gasteiger charge is 2.19. The van der Waals surface area contributed by atoms with Crippen LogP contribution >= 0.6 is 23.2 Å². The van der Waals surface area contributed by atoms with Crippen LogP contribution in [0, 0.1) is 0 Å². The fourth-order valence-electron chi connectivity index (χ4n) is 2.47. The van der Waals surface area contributed by atoms with Crippen molar-refractivity contribution >= 4 is 40.5 Å². The van der Waals surface area contributed by atoms with Gasteiger partial charge in [0.25, 0.3) is 0 Å². The number of hydrogen-bond donors (Lipinski definition) is 0. The zero-order chi connectivity index (χ0) is 16.6. The highest BCUT2D eigenvalue weighted by molar-refractivity contribution is 6.45. The maximum absolute atomic E-state index is 11.4. The minimum Gasteiger partial charge on any atom is -0.495 e. The summed E-state index contributed by atoms with van der Waals surface area (Å²) in [5, 5.41) is 1.19. The Hall–Kier alpha value is -2.11. The molecule has 0 aromatic carbocycles. The maximum atomic E-state index is 11.4. The van der Waals surface area contributed by atoms with Crippen LogP contribution < -0.4 is 4.74 Å². The average molecular weight is 350 g/mol. The van der Waals surface area contributed by atoms with Crippen molar-refractivity contribution in [3.8, 4) is 5.75 Å². The highest BCUT2D eigenvalue weighted by Crippen LogP contribution is 2.34. The van der Waals surface area contributed by atoms with Gasteiger partial charge < -0.3 is 9.30 Å². The predicted molar refractivity (Wildman–Crippen MR) is 89.7 cm³/mol. The molecular formula is C16H13Cl2N3O2. The molecule has 0 saturated heterocycles. The predicted octanol–water partition coefficient (Wildman–Crippen LogP) is 4.17. The van der Waals surface area contributed by atoms with Gasteiger partial charge in [-0.05, 0) is 19.1 Å². The normalized spacial score (nSPS) is 12.3. The number of carbonyl (C=O) groups is 1. The summed E-state index contributed by atoms with van der Waals surface area (Å²) in [5.74, 6) is 0.680. The summed E-state index contributed by atoms with van der Waals surface area (Å²) in [4.78, 5) is 20.1. The van der Waals surface area contributed by atoms with Gasteiger partial charge in [-0.1, -0.05) is 23.2 Å². The van der Waals surface area contributed by atoms with Crippen LogP contribution in [0.25, 0.3) is 11.0 Å². The van der Waals surface area contributed by atoms with Gasteiger partial charge in [0.05, 0.1) is 35.1 Å². The lowest BCUT2D eigenvalue weighted by Crippen LogP contribution is -2.08. The van der Waals surface area contributed by atoms with Crippen molar-refractivity contribution in [3.63, 3.8) is 0 Å². The van der Waals surface area contributed by atoms with Crippen molar-refractivity contribution in [1.82, 2.24) is 14.5 Å². The van der Waals surface area contributed by atoms with Crippen LogP contribution in [-0.4, -0.2) is 27.9 Å². The molecular weight excluding hydrogens is 337 g/mol. The van der Waals surface area contributed by atoms with Crippen LogP contribution in [0.1, 0.15) is 29.0 Å². The third-order valence-electron chi connectivity index (χ3n) is 3.73. The SMILES string of the molecule is COc1ccc(C(C)n2cc(C=O)c3c(Cl)c(Cl)cnc32)nc1. The second-order valence-electron chi connectivity index (χ2n) is 5.03. The van der Waals surface area contributed by atoms with Gasteiger partial charge in [-0.2, -0.15) is 0 Å². The Morgan fingerprint density at radius 3 is 2.65 bits per heavy atom. The summed E-state index contributed by atoms with van der Waals surface area (Å²) in [5.41, 5.74) is 1.85. The number of methoxy groups -OCH3 is 1. The van der Waals surface area contributed by atoms with Crippen molar-refractivity contribution in [3.05, 3.63) is 52.0 Å². The third-order valence-corrected chi connectivity index (χ3v) is 4.51. The van der Waals surface area contributed by atoms with E-state index in [1.165, 1.54) is 6.20 Å². The van der Waals surface area contributed by atoms with E-state index in [1.807, 2.05) is 23.6 Å². The molecule has 118 valence electrons. The maximum Gasteiger partial charge on any atom is 0.152 e. The molecule has 0 amide bonds. The van der Waals surface area contributed by atoms with E-state index in [0.29, 0.717) is 32.4 Å². The van der Waals surface area contributed by atoms with Crippen molar-refractivity contribution in [2.75, 3.05) is 7.11 Å². The van der Waals surface area contributed by atoms with Gasteiger partial charge in [0.1, 0.15) is 11.4 Å². The smallest absolute Gasteiger partial charge is 0.152 e. The lowest BCUT2D eigenvalue weighted by atomic mass is 10.2. The fraction of sp³-hybridized carbons (Fsp3) is 0.188. The van der Waals surface area contributed by atoms with E-state index >= 15 is 0 Å². The highest BCUT2D eigenvalue weighted by atomic mass is 35.5. The van der Waals surface area contributed by atoms with Gasteiger partial charge in [-0.25, -0.2) is 4.98 Å². The molecule has 0 bridgehead atoms. The molecule has 5 nitrogen and oxygen atoms in total. The van der Waals surface area contributed by atoms with Gasteiger partial charge in [0.2, 0.25) is 0 Å². The van der Waals surface area contributed by atoms with Crippen molar-refractivity contribution in [2.45, 2.75) is 13.0 Å². The molecule has 3 aromatic heterocycles. The van der Waals surface area contributed by atoms with Gasteiger partial charge >= 0.3 is 0 Å². The summed E-state index contributed by atoms with van der Waals surface area (Å²) in [7, 11) is 1.59. The summed E-state index contributed by atoms with van der Waals surface area (Å²) in [6.07, 6.45) is 5.58. The number of carbonyl (C=O) groups excluding carboxylic acids is 1. The number of pyridine rings is 2. The van der Waals surface area contributed by atoms with Crippen LogP contribution in [0.15, 0.2) is 30.7 Å². The monoisotopic (exact) mass is 349 g/mol. The Morgan fingerprint density at radius 2 is 2.04 bits per heavy atom. The molecule has 3 aromatic rings. The zero-order valence-electron chi connectivity index (χ0n) is 12.5. The molecule has 1 unspecified atom stereocenters. The number of fused-ring (bicyclic) bond motifs is 1.